The van der Waals surface area contributed by atoms with Gasteiger partial charge in [-0.15, -0.1) is 0 Å². The van der Waals surface area contributed by atoms with Gasteiger partial charge < -0.3 is 10.2 Å². The lowest BCUT2D eigenvalue weighted by Gasteiger charge is -2.25. The normalized spacial score (nSPS) is 14.6. The highest BCUT2D eigenvalue weighted by Crippen LogP contribution is 2.33. The van der Waals surface area contributed by atoms with E-state index in [4.69, 9.17) is 16.6 Å². The van der Waals surface area contributed by atoms with E-state index in [-0.39, 0.29) is 11.7 Å². The molecular formula is C21H17ClN6OS. The van der Waals surface area contributed by atoms with Crippen LogP contribution in [0.25, 0.3) is 5.69 Å². The Kier molecular flexibility index (Phi) is 5.02. The second kappa shape index (κ2) is 7.97. The topological polar surface area (TPSA) is 74.9 Å². The molecule has 1 amide bonds. The number of benzene rings is 2. The molecule has 2 aromatic carbocycles. The number of carbonyl (C=O) groups excluding carboxylic acids is 1. The number of thioether (sulfide) groups is 1. The fourth-order valence-corrected chi connectivity index (χ4v) is 4.29. The van der Waals surface area contributed by atoms with Crippen molar-refractivity contribution in [2.75, 3.05) is 24.2 Å². The second-order valence-corrected chi connectivity index (χ2v) is 8.10. The van der Waals surface area contributed by atoms with Gasteiger partial charge in [0.2, 0.25) is 5.91 Å². The number of nitrogens with zero attached hydrogens (tertiary/aromatic N) is 5. The molecule has 9 heteroatoms. The summed E-state index contributed by atoms with van der Waals surface area (Å²) in [7, 11) is 0. The lowest BCUT2D eigenvalue weighted by Crippen LogP contribution is -2.36. The van der Waals surface area contributed by atoms with Crippen LogP contribution in [-0.4, -0.2) is 50.4 Å². The molecule has 0 unspecified atom stereocenters. The molecule has 3 heterocycles. The van der Waals surface area contributed by atoms with E-state index in [1.165, 1.54) is 11.8 Å². The number of carbonyl (C=O) groups is 1. The quantitative estimate of drug-likeness (QED) is 0.671. The van der Waals surface area contributed by atoms with Crippen molar-refractivity contribution in [2.24, 2.45) is 9.98 Å². The van der Waals surface area contributed by atoms with Gasteiger partial charge in [-0.05, 0) is 36.4 Å². The lowest BCUT2D eigenvalue weighted by molar-refractivity contribution is -0.113. The van der Waals surface area contributed by atoms with Crippen molar-refractivity contribution in [3.05, 3.63) is 71.4 Å². The van der Waals surface area contributed by atoms with Crippen molar-refractivity contribution < 1.29 is 4.79 Å². The lowest BCUT2D eigenvalue weighted by atomic mass is 10.2. The Morgan fingerprint density at radius 1 is 1.13 bits per heavy atom. The number of nitrogens with one attached hydrogen (secondary N) is 1. The second-order valence-electron chi connectivity index (χ2n) is 6.72. The minimum atomic E-state index is -0.106. The molecule has 7 nitrogen and oxygen atoms in total. The third-order valence-electron chi connectivity index (χ3n) is 4.72. The summed E-state index contributed by atoms with van der Waals surface area (Å²) in [5, 5.41) is 8.79. The first kappa shape index (κ1) is 18.9. The summed E-state index contributed by atoms with van der Waals surface area (Å²) in [5.74, 6) is 1.73. The highest BCUT2D eigenvalue weighted by atomic mass is 35.5. The molecule has 3 aromatic rings. The number of halogens is 1. The smallest absolute Gasteiger partial charge is 0.234 e. The molecule has 2 aliphatic rings. The molecule has 0 saturated carbocycles. The van der Waals surface area contributed by atoms with Crippen LogP contribution >= 0.6 is 23.4 Å². The molecule has 150 valence electrons. The summed E-state index contributed by atoms with van der Waals surface area (Å²) >= 11 is 7.29. The van der Waals surface area contributed by atoms with E-state index < -0.39 is 0 Å². The van der Waals surface area contributed by atoms with Crippen molar-refractivity contribution in [3.63, 3.8) is 0 Å². The van der Waals surface area contributed by atoms with Crippen LogP contribution in [-0.2, 0) is 4.79 Å². The number of aliphatic imine (C=N–C) groups is 2. The third-order valence-corrected chi connectivity index (χ3v) is 5.95. The molecule has 1 aromatic heterocycles. The summed E-state index contributed by atoms with van der Waals surface area (Å²) in [6, 6.07) is 16.9. The number of hydrogen-bond donors (Lipinski definition) is 1. The summed E-state index contributed by atoms with van der Waals surface area (Å²) in [5.41, 5.74) is 2.55. The fraction of sp³-hybridized carbons (Fsp3) is 0.143. The molecule has 5 rings (SSSR count). The molecule has 0 saturated heterocycles. The van der Waals surface area contributed by atoms with Crippen LogP contribution in [0.5, 0.6) is 0 Å². The first-order chi connectivity index (χ1) is 14.7. The highest BCUT2D eigenvalue weighted by Gasteiger charge is 2.32. The Labute approximate surface area is 182 Å². The fourth-order valence-electron chi connectivity index (χ4n) is 3.35. The molecule has 0 spiro atoms. The van der Waals surface area contributed by atoms with E-state index in [0.717, 1.165) is 34.6 Å². The Bertz CT molecular complexity index is 1160. The Balaban J connectivity index is 1.38. The van der Waals surface area contributed by atoms with E-state index in [9.17, 15) is 4.79 Å². The minimum Gasteiger partial charge on any atom is -0.325 e. The number of rotatable bonds is 4. The van der Waals surface area contributed by atoms with Crippen molar-refractivity contribution in [2.45, 2.75) is 0 Å². The van der Waals surface area contributed by atoms with Crippen LogP contribution in [0.4, 0.5) is 11.5 Å². The zero-order chi connectivity index (χ0) is 20.5. The molecular weight excluding hydrogens is 420 g/mol. The Morgan fingerprint density at radius 3 is 2.73 bits per heavy atom. The number of para-hydroxylation sites is 1. The molecule has 0 fully saturated rings. The average Bonchev–Trinajstić information content (AvgIpc) is 3.41. The van der Waals surface area contributed by atoms with Gasteiger partial charge in [0.1, 0.15) is 5.84 Å². The summed E-state index contributed by atoms with van der Waals surface area (Å²) in [4.78, 5) is 24.0. The molecule has 1 N–H and O–H groups in total. The molecule has 0 aliphatic carbocycles. The van der Waals surface area contributed by atoms with Gasteiger partial charge in [0.25, 0.3) is 0 Å². The summed E-state index contributed by atoms with van der Waals surface area (Å²) in [6.45, 7) is 1.44. The van der Waals surface area contributed by atoms with E-state index in [1.807, 2.05) is 35.0 Å². The van der Waals surface area contributed by atoms with Crippen LogP contribution in [0.15, 0.2) is 70.8 Å². The Morgan fingerprint density at radius 2 is 1.93 bits per heavy atom. The monoisotopic (exact) mass is 436 g/mol. The third kappa shape index (κ3) is 3.59. The van der Waals surface area contributed by atoms with Crippen LogP contribution in [0.3, 0.4) is 0 Å². The predicted octanol–water partition coefficient (Wildman–Crippen LogP) is 3.96. The molecule has 0 radical (unpaired) electrons. The number of hydrogen-bond acceptors (Lipinski definition) is 6. The maximum absolute atomic E-state index is 12.4. The SMILES string of the molecule is O=C(CSC1=Nc2c(cnn2-c2ccccc2)C2=NCCN12)Nc1ccc(Cl)cc1. The van der Waals surface area contributed by atoms with Crippen molar-refractivity contribution in [3.8, 4) is 5.69 Å². The van der Waals surface area contributed by atoms with Crippen LogP contribution < -0.4 is 5.32 Å². The highest BCUT2D eigenvalue weighted by molar-refractivity contribution is 8.14. The van der Waals surface area contributed by atoms with Crippen LogP contribution in [0.1, 0.15) is 5.56 Å². The van der Waals surface area contributed by atoms with Crippen LogP contribution in [0.2, 0.25) is 5.02 Å². The first-order valence-corrected chi connectivity index (χ1v) is 10.8. The van der Waals surface area contributed by atoms with Gasteiger partial charge in [-0.1, -0.05) is 41.6 Å². The van der Waals surface area contributed by atoms with E-state index in [0.29, 0.717) is 17.3 Å². The molecule has 0 atom stereocenters. The van der Waals surface area contributed by atoms with Gasteiger partial charge in [-0.3, -0.25) is 9.79 Å². The van der Waals surface area contributed by atoms with Gasteiger partial charge in [0.05, 0.1) is 29.7 Å². The predicted molar refractivity (Wildman–Crippen MR) is 121 cm³/mol. The maximum Gasteiger partial charge on any atom is 0.234 e. The average molecular weight is 437 g/mol. The zero-order valence-electron chi connectivity index (χ0n) is 15.8. The minimum absolute atomic E-state index is 0.106. The van der Waals surface area contributed by atoms with Crippen LogP contribution in [0, 0.1) is 0 Å². The zero-order valence-corrected chi connectivity index (χ0v) is 17.4. The summed E-state index contributed by atoms with van der Waals surface area (Å²) < 4.78 is 1.81. The van der Waals surface area contributed by atoms with Gasteiger partial charge in [-0.2, -0.15) is 5.10 Å². The molecule has 30 heavy (non-hydrogen) atoms. The number of amidine groups is 2. The van der Waals surface area contributed by atoms with E-state index >= 15 is 0 Å². The standard InChI is InChI=1S/C21H17ClN6OS/c22-14-6-8-15(9-7-14)25-18(29)13-30-21-26-20-17(19-23-10-11-27(19)21)12-24-28(20)16-4-2-1-3-5-16/h1-9,12H,10-11,13H2,(H,25,29). The van der Waals surface area contributed by atoms with Gasteiger partial charge in [-0.25, -0.2) is 9.67 Å². The first-order valence-electron chi connectivity index (χ1n) is 9.42. The molecule has 2 aliphatic heterocycles. The largest absolute Gasteiger partial charge is 0.325 e. The maximum atomic E-state index is 12.4. The number of amides is 1. The van der Waals surface area contributed by atoms with Crippen molar-refractivity contribution in [1.82, 2.24) is 14.7 Å². The number of fused-ring (bicyclic) bond motifs is 3. The van der Waals surface area contributed by atoms with Crippen molar-refractivity contribution in [1.29, 1.82) is 0 Å². The van der Waals surface area contributed by atoms with Crippen molar-refractivity contribution >= 4 is 51.8 Å². The van der Waals surface area contributed by atoms with Gasteiger partial charge in [0, 0.05) is 17.3 Å². The molecule has 0 bridgehead atoms. The summed E-state index contributed by atoms with van der Waals surface area (Å²) in [6.07, 6.45) is 1.80. The van der Waals surface area contributed by atoms with E-state index in [2.05, 4.69) is 20.3 Å². The number of anilines is 1. The van der Waals surface area contributed by atoms with E-state index in [1.54, 1.807) is 30.5 Å². The van der Waals surface area contributed by atoms with Gasteiger partial charge >= 0.3 is 0 Å². The Hall–Kier alpha value is -3.10. The van der Waals surface area contributed by atoms with Gasteiger partial charge in [0.15, 0.2) is 11.0 Å². The number of aromatic nitrogens is 2.